The summed E-state index contributed by atoms with van der Waals surface area (Å²) < 4.78 is 0. The Morgan fingerprint density at radius 3 is 2.32 bits per heavy atom. The molecule has 0 aliphatic heterocycles. The highest BCUT2D eigenvalue weighted by Crippen LogP contribution is 2.61. The summed E-state index contributed by atoms with van der Waals surface area (Å²) in [5.74, 6) is 2.42. The number of terminal acetylenes is 1. The zero-order valence-electron chi connectivity index (χ0n) is 13.3. The van der Waals surface area contributed by atoms with Crippen molar-refractivity contribution in [3.8, 4) is 12.8 Å². The lowest BCUT2D eigenvalue weighted by Crippen LogP contribution is -2.51. The zero-order valence-corrected chi connectivity index (χ0v) is 13.3. The molecule has 2 aliphatic rings. The van der Waals surface area contributed by atoms with Gasteiger partial charge in [-0.2, -0.15) is 0 Å². The van der Waals surface area contributed by atoms with E-state index in [1.165, 1.54) is 32.1 Å². The predicted octanol–water partition coefficient (Wildman–Crippen LogP) is 4.50. The molecule has 0 radical (unpaired) electrons. The topological polar surface area (TPSA) is 20.2 Å². The van der Waals surface area contributed by atoms with Crippen LogP contribution in [0.4, 0.5) is 0 Å². The van der Waals surface area contributed by atoms with E-state index in [2.05, 4.69) is 40.5 Å². The lowest BCUT2D eigenvalue weighted by Gasteiger charge is -2.59. The van der Waals surface area contributed by atoms with Crippen LogP contribution in [0.5, 0.6) is 0 Å². The molecule has 0 bridgehead atoms. The van der Waals surface area contributed by atoms with Crippen LogP contribution >= 0.6 is 0 Å². The van der Waals surface area contributed by atoms with Crippen molar-refractivity contribution in [2.24, 2.45) is 28.6 Å². The maximum Gasteiger partial charge on any atom is 0.0433 e. The molecule has 2 rings (SSSR count). The fourth-order valence-corrected chi connectivity index (χ4v) is 5.36. The first kappa shape index (κ1) is 16.6. The van der Waals surface area contributed by atoms with Crippen LogP contribution in [0.2, 0.25) is 0 Å². The van der Waals surface area contributed by atoms with Crippen LogP contribution in [-0.2, 0) is 0 Å². The summed E-state index contributed by atoms with van der Waals surface area (Å²) in [6.07, 6.45) is 16.0. The molecular formula is C18H32O. The number of hydrogen-bond donors (Lipinski definition) is 1. The van der Waals surface area contributed by atoms with Gasteiger partial charge in [0, 0.05) is 6.61 Å². The van der Waals surface area contributed by atoms with Crippen molar-refractivity contribution in [2.45, 2.75) is 66.2 Å². The van der Waals surface area contributed by atoms with E-state index in [1.807, 2.05) is 0 Å². The normalized spacial score (nSPS) is 40.7. The van der Waals surface area contributed by atoms with Gasteiger partial charge >= 0.3 is 0 Å². The summed E-state index contributed by atoms with van der Waals surface area (Å²) in [5, 5.41) is 9.37. The van der Waals surface area contributed by atoms with E-state index in [0.29, 0.717) is 17.4 Å². The van der Waals surface area contributed by atoms with Crippen LogP contribution in [0, 0.1) is 41.4 Å². The Balaban J connectivity index is 0.000000861. The second-order valence-electron chi connectivity index (χ2n) is 7.57. The van der Waals surface area contributed by atoms with Crippen molar-refractivity contribution in [1.29, 1.82) is 0 Å². The summed E-state index contributed by atoms with van der Waals surface area (Å²) in [5.41, 5.74) is 1.00. The lowest BCUT2D eigenvalue weighted by molar-refractivity contribution is -0.0991. The van der Waals surface area contributed by atoms with Crippen molar-refractivity contribution >= 4 is 0 Å². The van der Waals surface area contributed by atoms with Crippen molar-refractivity contribution in [3.05, 3.63) is 0 Å². The molecule has 0 amide bonds. The zero-order chi connectivity index (χ0) is 14.7. The lowest BCUT2D eigenvalue weighted by atomic mass is 9.46. The molecule has 0 aromatic heterocycles. The first-order valence-electron chi connectivity index (χ1n) is 7.86. The average Bonchev–Trinajstić information content (AvgIpc) is 2.35. The Labute approximate surface area is 120 Å². The molecule has 2 unspecified atom stereocenters. The fraction of sp³-hybridized carbons (Fsp3) is 0.889. The first-order chi connectivity index (χ1) is 8.92. The quantitative estimate of drug-likeness (QED) is 0.728. The second kappa shape index (κ2) is 6.31. The number of hydrogen-bond acceptors (Lipinski definition) is 1. The molecule has 2 aliphatic carbocycles. The molecule has 0 aromatic rings. The molecule has 0 aromatic carbocycles. The van der Waals surface area contributed by atoms with Gasteiger partial charge in [0.2, 0.25) is 0 Å². The van der Waals surface area contributed by atoms with E-state index < -0.39 is 0 Å². The SMILES string of the molecule is C#C.CC1CCC2C(C)(C)CCC[C@]2(C)[C@H]1CCO. The minimum atomic E-state index is 0.373. The number of aliphatic hydroxyl groups excluding tert-OH is 1. The Bertz CT molecular complexity index is 304. The maximum absolute atomic E-state index is 9.37. The van der Waals surface area contributed by atoms with Crippen molar-refractivity contribution in [2.75, 3.05) is 6.61 Å². The van der Waals surface area contributed by atoms with Crippen LogP contribution in [0.3, 0.4) is 0 Å². The highest BCUT2D eigenvalue weighted by Gasteiger charge is 2.53. The summed E-state index contributed by atoms with van der Waals surface area (Å²) in [6, 6.07) is 0. The van der Waals surface area contributed by atoms with E-state index >= 15 is 0 Å². The van der Waals surface area contributed by atoms with E-state index in [0.717, 1.165) is 24.2 Å². The molecule has 4 atom stereocenters. The van der Waals surface area contributed by atoms with Gasteiger partial charge < -0.3 is 5.11 Å². The van der Waals surface area contributed by atoms with Crippen LogP contribution in [0.25, 0.3) is 0 Å². The van der Waals surface area contributed by atoms with Crippen LogP contribution in [0.1, 0.15) is 66.2 Å². The highest BCUT2D eigenvalue weighted by molar-refractivity contribution is 5.02. The summed E-state index contributed by atoms with van der Waals surface area (Å²) in [7, 11) is 0. The van der Waals surface area contributed by atoms with Gasteiger partial charge in [-0.1, -0.05) is 40.5 Å². The Kier molecular flexibility index (Phi) is 5.51. The number of rotatable bonds is 2. The summed E-state index contributed by atoms with van der Waals surface area (Å²) in [4.78, 5) is 0. The van der Waals surface area contributed by atoms with Crippen molar-refractivity contribution in [3.63, 3.8) is 0 Å². The third-order valence-electron chi connectivity index (χ3n) is 6.16. The van der Waals surface area contributed by atoms with E-state index in [-0.39, 0.29) is 0 Å². The summed E-state index contributed by atoms with van der Waals surface area (Å²) in [6.45, 7) is 10.2. The van der Waals surface area contributed by atoms with Gasteiger partial charge in [-0.15, -0.1) is 12.8 Å². The van der Waals surface area contributed by atoms with Gasteiger partial charge in [-0.3, -0.25) is 0 Å². The van der Waals surface area contributed by atoms with Gasteiger partial charge in [0.05, 0.1) is 0 Å². The first-order valence-corrected chi connectivity index (χ1v) is 7.86. The number of aliphatic hydroxyl groups is 1. The second-order valence-corrected chi connectivity index (χ2v) is 7.57. The third-order valence-corrected chi connectivity index (χ3v) is 6.16. The van der Waals surface area contributed by atoms with Gasteiger partial charge in [-0.05, 0) is 54.3 Å². The van der Waals surface area contributed by atoms with Crippen LogP contribution < -0.4 is 0 Å². The predicted molar refractivity (Wildman–Crippen MR) is 82.7 cm³/mol. The molecule has 2 fully saturated rings. The highest BCUT2D eigenvalue weighted by atomic mass is 16.3. The van der Waals surface area contributed by atoms with Gasteiger partial charge in [0.1, 0.15) is 0 Å². The Morgan fingerprint density at radius 1 is 1.11 bits per heavy atom. The molecule has 2 saturated carbocycles. The maximum atomic E-state index is 9.37. The average molecular weight is 264 g/mol. The molecule has 0 saturated heterocycles. The van der Waals surface area contributed by atoms with Gasteiger partial charge in [0.25, 0.3) is 0 Å². The smallest absolute Gasteiger partial charge is 0.0433 e. The van der Waals surface area contributed by atoms with Crippen molar-refractivity contribution < 1.29 is 5.11 Å². The van der Waals surface area contributed by atoms with E-state index in [9.17, 15) is 5.11 Å². The fourth-order valence-electron chi connectivity index (χ4n) is 5.36. The molecule has 1 nitrogen and oxygen atoms in total. The standard InChI is InChI=1S/C16H30O.C2H2/c1-12-6-7-14-15(2,3)9-5-10-16(14,4)13(12)8-11-17;1-2/h12-14,17H,5-11H2,1-4H3;1-2H/t12?,13-,14?,16+;/m0./s1. The molecule has 1 N–H and O–H groups in total. The molecular weight excluding hydrogens is 232 g/mol. The monoisotopic (exact) mass is 264 g/mol. The Hall–Kier alpha value is -0.480. The summed E-state index contributed by atoms with van der Waals surface area (Å²) >= 11 is 0. The molecule has 0 spiro atoms. The van der Waals surface area contributed by atoms with Gasteiger partial charge in [-0.25, -0.2) is 0 Å². The third kappa shape index (κ3) is 3.00. The minimum absolute atomic E-state index is 0.373. The molecule has 110 valence electrons. The largest absolute Gasteiger partial charge is 0.396 e. The van der Waals surface area contributed by atoms with Crippen LogP contribution in [0.15, 0.2) is 0 Å². The van der Waals surface area contributed by atoms with Crippen LogP contribution in [-0.4, -0.2) is 11.7 Å². The van der Waals surface area contributed by atoms with Gasteiger partial charge in [0.15, 0.2) is 0 Å². The molecule has 19 heavy (non-hydrogen) atoms. The molecule has 0 heterocycles. The van der Waals surface area contributed by atoms with E-state index in [4.69, 9.17) is 0 Å². The Morgan fingerprint density at radius 2 is 1.74 bits per heavy atom. The van der Waals surface area contributed by atoms with E-state index in [1.54, 1.807) is 0 Å². The number of fused-ring (bicyclic) bond motifs is 1. The minimum Gasteiger partial charge on any atom is -0.396 e. The molecule has 1 heteroatoms. The van der Waals surface area contributed by atoms with Crippen molar-refractivity contribution in [1.82, 2.24) is 0 Å².